The van der Waals surface area contributed by atoms with E-state index in [0.717, 1.165) is 0 Å². The van der Waals surface area contributed by atoms with Crippen LogP contribution in [-0.4, -0.2) is 35.9 Å². The Morgan fingerprint density at radius 2 is 2.25 bits per heavy atom. The molecule has 1 rings (SSSR count). The maximum absolute atomic E-state index is 11.5. The second-order valence-corrected chi connectivity index (χ2v) is 3.44. The number of ether oxygens (including phenoxy) is 1. The third kappa shape index (κ3) is 3.13. The highest BCUT2D eigenvalue weighted by molar-refractivity contribution is 5.97. The van der Waals surface area contributed by atoms with Crippen LogP contribution in [-0.2, 0) is 0 Å². The quantitative estimate of drug-likeness (QED) is 0.697. The smallest absolute Gasteiger partial charge is 0.255 e. The molecule has 0 aliphatic carbocycles. The molecular weight excluding hydrogens is 210 g/mol. The Kier molecular flexibility index (Phi) is 4.13. The first-order valence-electron chi connectivity index (χ1n) is 4.88. The number of carbonyl (C=O) groups excluding carboxylic acids is 1. The molecule has 0 fully saturated rings. The number of carbonyl (C=O) groups is 1. The van der Waals surface area contributed by atoms with Crippen molar-refractivity contribution in [3.63, 3.8) is 0 Å². The summed E-state index contributed by atoms with van der Waals surface area (Å²) in [5.74, 6) is -0.104. The van der Waals surface area contributed by atoms with E-state index >= 15 is 0 Å². The van der Waals surface area contributed by atoms with Gasteiger partial charge in [-0.25, -0.2) is 0 Å². The molecule has 5 nitrogen and oxygen atoms in total. The maximum Gasteiger partial charge on any atom is 0.255 e. The number of hydrogen-bond donors (Lipinski definition) is 3. The van der Waals surface area contributed by atoms with E-state index in [1.54, 1.807) is 13.0 Å². The van der Waals surface area contributed by atoms with E-state index in [2.05, 4.69) is 5.32 Å². The van der Waals surface area contributed by atoms with E-state index in [-0.39, 0.29) is 17.9 Å². The SMILES string of the molecule is COc1ccc(C(=O)NC[C@@H](C)O)c(O)c1. The average Bonchev–Trinajstić information content (AvgIpc) is 2.25. The van der Waals surface area contributed by atoms with Crippen LogP contribution >= 0.6 is 0 Å². The largest absolute Gasteiger partial charge is 0.507 e. The molecular formula is C11H15NO4. The number of amides is 1. The number of rotatable bonds is 4. The van der Waals surface area contributed by atoms with Crippen LogP contribution in [0.2, 0.25) is 0 Å². The predicted octanol–water partition coefficient (Wildman–Crippen LogP) is 0.511. The van der Waals surface area contributed by atoms with E-state index in [9.17, 15) is 9.90 Å². The topological polar surface area (TPSA) is 78.8 Å². The minimum absolute atomic E-state index is 0.143. The number of phenolic OH excluding ortho intramolecular Hbond substituents is 1. The first kappa shape index (κ1) is 12.3. The van der Waals surface area contributed by atoms with Crippen LogP contribution in [0.25, 0.3) is 0 Å². The number of phenols is 1. The summed E-state index contributed by atoms with van der Waals surface area (Å²) in [5.41, 5.74) is 0.154. The van der Waals surface area contributed by atoms with Crippen molar-refractivity contribution in [2.24, 2.45) is 0 Å². The lowest BCUT2D eigenvalue weighted by Gasteiger charge is -2.09. The maximum atomic E-state index is 11.5. The van der Waals surface area contributed by atoms with Crippen LogP contribution in [0.3, 0.4) is 0 Å². The van der Waals surface area contributed by atoms with Crippen molar-refractivity contribution in [1.29, 1.82) is 0 Å². The zero-order valence-electron chi connectivity index (χ0n) is 9.23. The molecule has 0 unspecified atom stereocenters. The van der Waals surface area contributed by atoms with Gasteiger partial charge in [0.2, 0.25) is 0 Å². The van der Waals surface area contributed by atoms with Gasteiger partial charge in [0.25, 0.3) is 5.91 Å². The Hall–Kier alpha value is -1.75. The van der Waals surface area contributed by atoms with Gasteiger partial charge in [0.1, 0.15) is 11.5 Å². The minimum atomic E-state index is -0.621. The third-order valence-electron chi connectivity index (χ3n) is 2.01. The van der Waals surface area contributed by atoms with Crippen LogP contribution in [0.1, 0.15) is 17.3 Å². The highest BCUT2D eigenvalue weighted by Gasteiger charge is 2.11. The fourth-order valence-corrected chi connectivity index (χ4v) is 1.17. The van der Waals surface area contributed by atoms with E-state index < -0.39 is 12.0 Å². The van der Waals surface area contributed by atoms with Gasteiger partial charge >= 0.3 is 0 Å². The van der Waals surface area contributed by atoms with Gasteiger partial charge in [-0.15, -0.1) is 0 Å². The summed E-state index contributed by atoms with van der Waals surface area (Å²) < 4.78 is 4.90. The number of benzene rings is 1. The van der Waals surface area contributed by atoms with E-state index in [1.807, 2.05) is 0 Å². The van der Waals surface area contributed by atoms with Gasteiger partial charge in [-0.2, -0.15) is 0 Å². The third-order valence-corrected chi connectivity index (χ3v) is 2.01. The fraction of sp³-hybridized carbons (Fsp3) is 0.364. The average molecular weight is 225 g/mol. The first-order valence-corrected chi connectivity index (χ1v) is 4.88. The van der Waals surface area contributed by atoms with Crippen molar-refractivity contribution in [3.05, 3.63) is 23.8 Å². The van der Waals surface area contributed by atoms with Gasteiger partial charge in [0.05, 0.1) is 18.8 Å². The number of nitrogens with one attached hydrogen (secondary N) is 1. The molecule has 0 radical (unpaired) electrons. The van der Waals surface area contributed by atoms with E-state index in [1.165, 1.54) is 19.2 Å². The molecule has 5 heteroatoms. The second kappa shape index (κ2) is 5.37. The molecule has 1 aromatic carbocycles. The summed E-state index contributed by atoms with van der Waals surface area (Å²) in [5, 5.41) is 21.0. The molecule has 1 amide bonds. The molecule has 0 aromatic heterocycles. The monoisotopic (exact) mass is 225 g/mol. The molecule has 16 heavy (non-hydrogen) atoms. The van der Waals surface area contributed by atoms with Gasteiger partial charge in [-0.3, -0.25) is 4.79 Å². The summed E-state index contributed by atoms with van der Waals surface area (Å²) >= 11 is 0. The molecule has 0 spiro atoms. The number of aliphatic hydroxyl groups is 1. The molecule has 1 atom stereocenters. The Balaban J connectivity index is 2.76. The van der Waals surface area contributed by atoms with E-state index in [4.69, 9.17) is 9.84 Å². The van der Waals surface area contributed by atoms with Crippen LogP contribution in [0.4, 0.5) is 0 Å². The lowest BCUT2D eigenvalue weighted by molar-refractivity contribution is 0.0921. The zero-order chi connectivity index (χ0) is 12.1. The minimum Gasteiger partial charge on any atom is -0.507 e. The van der Waals surface area contributed by atoms with Gasteiger partial charge in [0, 0.05) is 12.6 Å². The predicted molar refractivity (Wildman–Crippen MR) is 58.7 cm³/mol. The highest BCUT2D eigenvalue weighted by atomic mass is 16.5. The van der Waals surface area contributed by atoms with Crippen LogP contribution in [0.5, 0.6) is 11.5 Å². The van der Waals surface area contributed by atoms with Crippen molar-refractivity contribution in [1.82, 2.24) is 5.32 Å². The highest BCUT2D eigenvalue weighted by Crippen LogP contribution is 2.23. The van der Waals surface area contributed by atoms with Crippen molar-refractivity contribution < 1.29 is 19.7 Å². The molecule has 88 valence electrons. The van der Waals surface area contributed by atoms with Gasteiger partial charge < -0.3 is 20.3 Å². The second-order valence-electron chi connectivity index (χ2n) is 3.44. The first-order chi connectivity index (χ1) is 7.54. The molecule has 0 saturated heterocycles. The van der Waals surface area contributed by atoms with Gasteiger partial charge in [-0.05, 0) is 19.1 Å². The molecule has 1 aromatic rings. The van der Waals surface area contributed by atoms with Crippen molar-refractivity contribution in [2.75, 3.05) is 13.7 Å². The molecule has 0 saturated carbocycles. The summed E-state index contributed by atoms with van der Waals surface area (Å²) in [6.45, 7) is 1.71. The van der Waals surface area contributed by atoms with Crippen LogP contribution in [0, 0.1) is 0 Å². The fourth-order valence-electron chi connectivity index (χ4n) is 1.17. The standard InChI is InChI=1S/C11H15NO4/c1-7(13)6-12-11(15)9-4-3-8(16-2)5-10(9)14/h3-5,7,13-14H,6H2,1-2H3,(H,12,15)/t7-/m1/s1. The molecule has 0 heterocycles. The number of methoxy groups -OCH3 is 1. The summed E-state index contributed by atoms with van der Waals surface area (Å²) in [4.78, 5) is 11.5. The molecule has 0 aliphatic rings. The Morgan fingerprint density at radius 3 is 2.75 bits per heavy atom. The summed E-state index contributed by atoms with van der Waals surface area (Å²) in [6.07, 6.45) is -0.621. The Labute approximate surface area is 93.7 Å². The molecule has 3 N–H and O–H groups in total. The molecule has 0 bridgehead atoms. The Morgan fingerprint density at radius 1 is 1.56 bits per heavy atom. The normalized spacial score (nSPS) is 11.9. The summed E-state index contributed by atoms with van der Waals surface area (Å²) in [6, 6.07) is 4.40. The number of aliphatic hydroxyl groups excluding tert-OH is 1. The summed E-state index contributed by atoms with van der Waals surface area (Å²) in [7, 11) is 1.47. The van der Waals surface area contributed by atoms with Gasteiger partial charge in [0.15, 0.2) is 0 Å². The zero-order valence-corrected chi connectivity index (χ0v) is 9.23. The molecule has 0 aliphatic heterocycles. The number of hydrogen-bond acceptors (Lipinski definition) is 4. The Bertz CT molecular complexity index is 376. The lowest BCUT2D eigenvalue weighted by atomic mass is 10.1. The number of aromatic hydroxyl groups is 1. The van der Waals surface area contributed by atoms with Crippen molar-refractivity contribution in [3.8, 4) is 11.5 Å². The lowest BCUT2D eigenvalue weighted by Crippen LogP contribution is -2.30. The van der Waals surface area contributed by atoms with Crippen LogP contribution in [0.15, 0.2) is 18.2 Å². The van der Waals surface area contributed by atoms with Gasteiger partial charge in [-0.1, -0.05) is 0 Å². The van der Waals surface area contributed by atoms with E-state index in [0.29, 0.717) is 5.75 Å². The van der Waals surface area contributed by atoms with Crippen molar-refractivity contribution >= 4 is 5.91 Å². The van der Waals surface area contributed by atoms with Crippen molar-refractivity contribution in [2.45, 2.75) is 13.0 Å². The van der Waals surface area contributed by atoms with Crippen LogP contribution < -0.4 is 10.1 Å².